The van der Waals surface area contributed by atoms with Gasteiger partial charge < -0.3 is 10.5 Å². The molecule has 0 saturated heterocycles. The van der Waals surface area contributed by atoms with E-state index in [0.29, 0.717) is 0 Å². The van der Waals surface area contributed by atoms with Gasteiger partial charge in [0.2, 0.25) is 0 Å². The van der Waals surface area contributed by atoms with Gasteiger partial charge in [-0.25, -0.2) is 0 Å². The highest BCUT2D eigenvalue weighted by atomic mass is 16.5. The molecule has 0 amide bonds. The van der Waals surface area contributed by atoms with Crippen LogP contribution in [0.1, 0.15) is 30.5 Å². The molecule has 1 aromatic carbocycles. The zero-order valence-electron chi connectivity index (χ0n) is 10.6. The topological polar surface area (TPSA) is 35.2 Å². The van der Waals surface area contributed by atoms with Gasteiger partial charge in [-0.3, -0.25) is 0 Å². The predicted molar refractivity (Wildman–Crippen MR) is 66.6 cm³/mol. The van der Waals surface area contributed by atoms with E-state index in [4.69, 9.17) is 4.74 Å². The molecule has 1 aliphatic heterocycles. The minimum Gasteiger partial charge on any atom is -0.493 e. The van der Waals surface area contributed by atoms with Gasteiger partial charge in [0.05, 0.1) is 6.61 Å². The van der Waals surface area contributed by atoms with Crippen LogP contribution in [0.5, 0.6) is 5.75 Å². The number of fused-ring (bicyclic) bond motifs is 1. The Balaban J connectivity index is 0.000000442. The van der Waals surface area contributed by atoms with Crippen LogP contribution >= 0.6 is 0 Å². The van der Waals surface area contributed by atoms with Crippen molar-refractivity contribution in [2.24, 2.45) is 5.73 Å². The average Bonchev–Trinajstić information content (AvgIpc) is 2.72. The second-order valence-corrected chi connectivity index (χ2v) is 3.14. The molecule has 0 spiro atoms. The molecule has 0 bridgehead atoms. The minimum atomic E-state index is 0.859. The highest BCUT2D eigenvalue weighted by Crippen LogP contribution is 2.27. The summed E-state index contributed by atoms with van der Waals surface area (Å²) in [5, 5.41) is 0. The summed E-state index contributed by atoms with van der Waals surface area (Å²) in [7, 11) is 1.50. The lowest BCUT2D eigenvalue weighted by Crippen LogP contribution is -1.86. The number of benzene rings is 1. The lowest BCUT2D eigenvalue weighted by atomic mass is 10.0. The molecule has 0 fully saturated rings. The fourth-order valence-corrected chi connectivity index (χ4v) is 1.45. The molecule has 2 N–H and O–H groups in total. The van der Waals surface area contributed by atoms with E-state index in [2.05, 4.69) is 31.7 Å². The first-order chi connectivity index (χ1) is 7.27. The van der Waals surface area contributed by atoms with Gasteiger partial charge in [0.1, 0.15) is 5.75 Å². The van der Waals surface area contributed by atoms with Gasteiger partial charge >= 0.3 is 0 Å². The Bertz CT molecular complexity index is 266. The zero-order valence-corrected chi connectivity index (χ0v) is 10.6. The molecule has 2 heteroatoms. The maximum Gasteiger partial charge on any atom is 0.122 e. The molecule has 0 atom stereocenters. The van der Waals surface area contributed by atoms with E-state index >= 15 is 0 Å². The maximum absolute atomic E-state index is 5.43. The molecule has 15 heavy (non-hydrogen) atoms. The number of aryl methyl sites for hydroxylation is 2. The van der Waals surface area contributed by atoms with Crippen LogP contribution in [0.2, 0.25) is 0 Å². The second-order valence-electron chi connectivity index (χ2n) is 3.14. The van der Waals surface area contributed by atoms with Crippen molar-refractivity contribution in [1.29, 1.82) is 0 Å². The van der Waals surface area contributed by atoms with Gasteiger partial charge in [-0.1, -0.05) is 19.9 Å². The van der Waals surface area contributed by atoms with Crippen LogP contribution in [-0.4, -0.2) is 13.7 Å². The van der Waals surface area contributed by atoms with E-state index in [1.165, 1.54) is 23.7 Å². The maximum atomic E-state index is 5.43. The molecule has 2 nitrogen and oxygen atoms in total. The largest absolute Gasteiger partial charge is 0.493 e. The SMILES string of the molecule is CC.CN.Cc1cc2c(cc1C)OCC2. The van der Waals surface area contributed by atoms with Gasteiger partial charge in [-0.2, -0.15) is 0 Å². The van der Waals surface area contributed by atoms with Gasteiger partial charge in [-0.05, 0) is 43.7 Å². The smallest absolute Gasteiger partial charge is 0.122 e. The molecule has 1 aliphatic rings. The van der Waals surface area contributed by atoms with Crippen molar-refractivity contribution in [3.63, 3.8) is 0 Å². The van der Waals surface area contributed by atoms with Gasteiger partial charge in [-0.15, -0.1) is 0 Å². The molecule has 0 unspecified atom stereocenters. The van der Waals surface area contributed by atoms with Crippen LogP contribution in [0.4, 0.5) is 0 Å². The Hall–Kier alpha value is -1.02. The summed E-state index contributed by atoms with van der Waals surface area (Å²) in [5.41, 5.74) is 8.56. The Kier molecular flexibility index (Phi) is 6.80. The molecule has 86 valence electrons. The normalized spacial score (nSPS) is 11.3. The van der Waals surface area contributed by atoms with Crippen molar-refractivity contribution in [3.05, 3.63) is 28.8 Å². The number of hydrogen-bond acceptors (Lipinski definition) is 2. The fraction of sp³-hybridized carbons (Fsp3) is 0.538. The van der Waals surface area contributed by atoms with Gasteiger partial charge in [0, 0.05) is 6.42 Å². The molecule has 1 heterocycles. The van der Waals surface area contributed by atoms with E-state index in [0.717, 1.165) is 18.8 Å². The highest BCUT2D eigenvalue weighted by molar-refractivity contribution is 5.43. The third-order valence-electron chi connectivity index (χ3n) is 2.31. The molecule has 0 aliphatic carbocycles. The lowest BCUT2D eigenvalue weighted by molar-refractivity contribution is 0.356. The van der Waals surface area contributed by atoms with Crippen LogP contribution in [0, 0.1) is 13.8 Å². The quantitative estimate of drug-likeness (QED) is 0.713. The van der Waals surface area contributed by atoms with Gasteiger partial charge in [0.15, 0.2) is 0 Å². The van der Waals surface area contributed by atoms with Crippen LogP contribution in [0.15, 0.2) is 12.1 Å². The summed E-state index contributed by atoms with van der Waals surface area (Å²) in [6, 6.07) is 4.37. The molecular formula is C13H23NO. The first-order valence-electron chi connectivity index (χ1n) is 5.58. The van der Waals surface area contributed by atoms with Crippen LogP contribution in [-0.2, 0) is 6.42 Å². The lowest BCUT2D eigenvalue weighted by Gasteiger charge is -2.03. The van der Waals surface area contributed by atoms with Crippen molar-refractivity contribution >= 4 is 0 Å². The van der Waals surface area contributed by atoms with Crippen molar-refractivity contribution < 1.29 is 4.74 Å². The summed E-state index contributed by atoms with van der Waals surface area (Å²) >= 11 is 0. The molecule has 1 aromatic rings. The molecule has 0 saturated carbocycles. The summed E-state index contributed by atoms with van der Waals surface area (Å²) in [5.74, 6) is 1.09. The number of nitrogens with two attached hydrogens (primary N) is 1. The number of ether oxygens (including phenoxy) is 1. The summed E-state index contributed by atoms with van der Waals surface area (Å²) in [6.45, 7) is 9.13. The van der Waals surface area contributed by atoms with Crippen molar-refractivity contribution in [2.45, 2.75) is 34.1 Å². The summed E-state index contributed by atoms with van der Waals surface area (Å²) in [6.07, 6.45) is 1.08. The Morgan fingerprint density at radius 1 is 1.07 bits per heavy atom. The molecular weight excluding hydrogens is 186 g/mol. The third kappa shape index (κ3) is 3.56. The van der Waals surface area contributed by atoms with Crippen LogP contribution in [0.25, 0.3) is 0 Å². The van der Waals surface area contributed by atoms with Crippen molar-refractivity contribution in [2.75, 3.05) is 13.7 Å². The molecule has 0 aromatic heterocycles. The highest BCUT2D eigenvalue weighted by Gasteiger charge is 2.12. The second kappa shape index (κ2) is 7.30. The van der Waals surface area contributed by atoms with E-state index in [1.54, 1.807) is 0 Å². The fourth-order valence-electron chi connectivity index (χ4n) is 1.45. The van der Waals surface area contributed by atoms with Crippen LogP contribution in [0.3, 0.4) is 0 Å². The average molecular weight is 209 g/mol. The third-order valence-corrected chi connectivity index (χ3v) is 2.31. The predicted octanol–water partition coefficient (Wildman–Crippen LogP) is 2.84. The van der Waals surface area contributed by atoms with E-state index in [1.807, 2.05) is 13.8 Å². The number of hydrogen-bond donors (Lipinski definition) is 1. The van der Waals surface area contributed by atoms with Gasteiger partial charge in [0.25, 0.3) is 0 Å². The summed E-state index contributed by atoms with van der Waals surface area (Å²) < 4.78 is 5.43. The summed E-state index contributed by atoms with van der Waals surface area (Å²) in [4.78, 5) is 0. The Labute approximate surface area is 93.4 Å². The number of rotatable bonds is 0. The first kappa shape index (κ1) is 14.0. The Morgan fingerprint density at radius 2 is 1.60 bits per heavy atom. The first-order valence-corrected chi connectivity index (χ1v) is 5.58. The standard InChI is InChI=1S/C10H12O.C2H6.CH5N/c1-7-5-9-3-4-11-10(9)6-8(7)2;2*1-2/h5-6H,3-4H2,1-2H3;1-2H3;2H2,1H3. The van der Waals surface area contributed by atoms with Crippen molar-refractivity contribution in [3.8, 4) is 5.75 Å². The minimum absolute atomic E-state index is 0.859. The Morgan fingerprint density at radius 3 is 2.20 bits per heavy atom. The van der Waals surface area contributed by atoms with Crippen molar-refractivity contribution in [1.82, 2.24) is 0 Å². The molecule has 0 radical (unpaired) electrons. The zero-order chi connectivity index (χ0) is 11.8. The van der Waals surface area contributed by atoms with E-state index in [9.17, 15) is 0 Å². The monoisotopic (exact) mass is 209 g/mol. The molecule has 2 rings (SSSR count). The van der Waals surface area contributed by atoms with Crippen LogP contribution < -0.4 is 10.5 Å². The van der Waals surface area contributed by atoms with E-state index < -0.39 is 0 Å². The van der Waals surface area contributed by atoms with E-state index in [-0.39, 0.29) is 0 Å².